The first-order valence-corrected chi connectivity index (χ1v) is 8.72. The molecule has 1 atom stereocenters. The van der Waals surface area contributed by atoms with E-state index in [0.29, 0.717) is 41.0 Å². The maximum Gasteiger partial charge on any atom is 0.160 e. The summed E-state index contributed by atoms with van der Waals surface area (Å²) in [6, 6.07) is 9.52. The van der Waals surface area contributed by atoms with E-state index in [2.05, 4.69) is 0 Å². The number of alkyl halides is 1. The molecule has 0 amide bonds. The van der Waals surface area contributed by atoms with Crippen molar-refractivity contribution >= 4 is 11.6 Å². The van der Waals surface area contributed by atoms with Gasteiger partial charge in [0.25, 0.3) is 0 Å². The van der Waals surface area contributed by atoms with E-state index in [1.165, 1.54) is 0 Å². The molecule has 0 fully saturated rings. The summed E-state index contributed by atoms with van der Waals surface area (Å²) >= 11 is 6.29. The van der Waals surface area contributed by atoms with E-state index in [4.69, 9.17) is 35.3 Å². The Labute approximate surface area is 159 Å². The lowest BCUT2D eigenvalue weighted by molar-refractivity contribution is 0.354. The van der Waals surface area contributed by atoms with Gasteiger partial charge in [0.2, 0.25) is 0 Å². The van der Waals surface area contributed by atoms with Crippen LogP contribution >= 0.6 is 11.6 Å². The summed E-state index contributed by atoms with van der Waals surface area (Å²) in [4.78, 5) is 0. The number of ether oxygens (including phenoxy) is 5. The third-order valence-electron chi connectivity index (χ3n) is 4.33. The van der Waals surface area contributed by atoms with Crippen LogP contribution < -0.4 is 23.7 Å². The normalized spacial score (nSPS) is 11.6. The Hall–Kier alpha value is -2.27. The molecule has 0 aliphatic heterocycles. The van der Waals surface area contributed by atoms with Crippen LogP contribution in [0.2, 0.25) is 0 Å². The molecule has 0 aromatic heterocycles. The molecular weight excluding hydrogens is 356 g/mol. The van der Waals surface area contributed by atoms with E-state index >= 15 is 0 Å². The van der Waals surface area contributed by atoms with Crippen molar-refractivity contribution in [3.63, 3.8) is 0 Å². The predicted molar refractivity (Wildman–Crippen MR) is 103 cm³/mol. The summed E-state index contributed by atoms with van der Waals surface area (Å²) in [6.07, 6.45) is 0.648. The highest BCUT2D eigenvalue weighted by molar-refractivity contribution is 6.18. The average Bonchev–Trinajstić information content (AvgIpc) is 2.70. The van der Waals surface area contributed by atoms with Gasteiger partial charge in [0, 0.05) is 29.5 Å². The summed E-state index contributed by atoms with van der Waals surface area (Å²) in [5, 5.41) is 0. The fourth-order valence-electron chi connectivity index (χ4n) is 2.89. The van der Waals surface area contributed by atoms with Gasteiger partial charge in [0.15, 0.2) is 11.5 Å². The molecular formula is C20H25ClO5. The van der Waals surface area contributed by atoms with E-state index in [1.807, 2.05) is 30.3 Å². The molecule has 0 N–H and O–H groups in total. The van der Waals surface area contributed by atoms with Crippen LogP contribution in [0.15, 0.2) is 30.3 Å². The van der Waals surface area contributed by atoms with Crippen LogP contribution in [0.1, 0.15) is 17.0 Å². The lowest BCUT2D eigenvalue weighted by Gasteiger charge is -2.20. The zero-order chi connectivity index (χ0) is 19.1. The molecule has 0 saturated heterocycles. The van der Waals surface area contributed by atoms with Gasteiger partial charge < -0.3 is 23.7 Å². The Bertz CT molecular complexity index is 707. The van der Waals surface area contributed by atoms with Crippen molar-refractivity contribution in [2.45, 2.75) is 12.3 Å². The maximum atomic E-state index is 6.29. The zero-order valence-corrected chi connectivity index (χ0v) is 16.6. The molecule has 6 heteroatoms. The first-order valence-electron chi connectivity index (χ1n) is 8.18. The van der Waals surface area contributed by atoms with Gasteiger partial charge in [-0.3, -0.25) is 0 Å². The Kier molecular flexibility index (Phi) is 7.27. The largest absolute Gasteiger partial charge is 0.496 e. The van der Waals surface area contributed by atoms with Crippen LogP contribution in [-0.2, 0) is 6.42 Å². The lowest BCUT2D eigenvalue weighted by atomic mass is 9.92. The molecule has 0 aliphatic carbocycles. The third kappa shape index (κ3) is 4.28. The first kappa shape index (κ1) is 20.0. The summed E-state index contributed by atoms with van der Waals surface area (Å²) in [5.41, 5.74) is 1.99. The van der Waals surface area contributed by atoms with Crippen molar-refractivity contribution < 1.29 is 23.7 Å². The molecule has 26 heavy (non-hydrogen) atoms. The summed E-state index contributed by atoms with van der Waals surface area (Å²) in [7, 11) is 8.10. The number of hydrogen-bond acceptors (Lipinski definition) is 5. The third-order valence-corrected chi connectivity index (χ3v) is 4.71. The second-order valence-electron chi connectivity index (χ2n) is 5.68. The standard InChI is InChI=1S/C20H25ClO5/c1-22-15-10-18(24-3)16(19(11-15)25-4)8-14(12-21)13-6-7-17(23-2)20(9-13)26-5/h6-7,9-11,14H,8,12H2,1-5H3/t14-/m1/s1. The van der Waals surface area contributed by atoms with Crippen molar-refractivity contribution in [1.29, 1.82) is 0 Å². The van der Waals surface area contributed by atoms with E-state index in [-0.39, 0.29) is 5.92 Å². The number of halogens is 1. The fourth-order valence-corrected chi connectivity index (χ4v) is 3.18. The Balaban J connectivity index is 2.41. The molecule has 0 saturated carbocycles. The number of hydrogen-bond donors (Lipinski definition) is 0. The SMILES string of the molecule is COc1cc(OC)c(C[C@H](CCl)c2ccc(OC)c(OC)c2)c(OC)c1. The minimum Gasteiger partial charge on any atom is -0.496 e. The van der Waals surface area contributed by atoms with Crippen LogP contribution in [-0.4, -0.2) is 41.4 Å². The Morgan fingerprint density at radius 2 is 1.31 bits per heavy atom. The van der Waals surface area contributed by atoms with Gasteiger partial charge in [-0.05, 0) is 24.1 Å². The Morgan fingerprint density at radius 3 is 1.77 bits per heavy atom. The van der Waals surface area contributed by atoms with Crippen molar-refractivity contribution in [3.8, 4) is 28.7 Å². The van der Waals surface area contributed by atoms with E-state index in [9.17, 15) is 0 Å². The van der Waals surface area contributed by atoms with Gasteiger partial charge in [-0.15, -0.1) is 11.6 Å². The Morgan fingerprint density at radius 1 is 0.731 bits per heavy atom. The topological polar surface area (TPSA) is 46.2 Å². The second kappa shape index (κ2) is 9.43. The molecule has 0 spiro atoms. The van der Waals surface area contributed by atoms with Crippen LogP contribution in [0.25, 0.3) is 0 Å². The van der Waals surface area contributed by atoms with Crippen LogP contribution in [0.3, 0.4) is 0 Å². The van der Waals surface area contributed by atoms with Gasteiger partial charge in [-0.2, -0.15) is 0 Å². The molecule has 0 bridgehead atoms. The molecule has 0 heterocycles. The predicted octanol–water partition coefficient (Wildman–Crippen LogP) is 4.29. The zero-order valence-electron chi connectivity index (χ0n) is 15.8. The number of rotatable bonds is 9. The number of benzene rings is 2. The van der Waals surface area contributed by atoms with Crippen molar-refractivity contribution in [2.75, 3.05) is 41.4 Å². The molecule has 0 aliphatic rings. The molecule has 2 aromatic rings. The highest BCUT2D eigenvalue weighted by atomic mass is 35.5. The summed E-state index contributed by atoms with van der Waals surface area (Å²) < 4.78 is 27.1. The quantitative estimate of drug-likeness (QED) is 0.607. The molecule has 142 valence electrons. The average molecular weight is 381 g/mol. The summed E-state index contributed by atoms with van der Waals surface area (Å²) in [5.74, 6) is 3.93. The van der Waals surface area contributed by atoms with E-state index < -0.39 is 0 Å². The minimum atomic E-state index is 0.0488. The number of methoxy groups -OCH3 is 5. The maximum absolute atomic E-state index is 6.29. The van der Waals surface area contributed by atoms with Crippen LogP contribution in [0.4, 0.5) is 0 Å². The van der Waals surface area contributed by atoms with Gasteiger partial charge in [0.05, 0.1) is 35.5 Å². The highest BCUT2D eigenvalue weighted by Gasteiger charge is 2.20. The van der Waals surface area contributed by atoms with Crippen molar-refractivity contribution in [1.82, 2.24) is 0 Å². The van der Waals surface area contributed by atoms with E-state index in [1.54, 1.807) is 35.5 Å². The second-order valence-corrected chi connectivity index (χ2v) is 5.99. The van der Waals surface area contributed by atoms with Crippen molar-refractivity contribution in [3.05, 3.63) is 41.5 Å². The molecule has 2 aromatic carbocycles. The summed E-state index contributed by atoms with van der Waals surface area (Å²) in [6.45, 7) is 0. The molecule has 0 unspecified atom stereocenters. The van der Waals surface area contributed by atoms with Crippen LogP contribution in [0, 0.1) is 0 Å². The first-order chi connectivity index (χ1) is 12.6. The van der Waals surface area contributed by atoms with Crippen molar-refractivity contribution in [2.24, 2.45) is 0 Å². The van der Waals surface area contributed by atoms with Gasteiger partial charge in [-0.25, -0.2) is 0 Å². The highest BCUT2D eigenvalue weighted by Crippen LogP contribution is 2.39. The molecule has 2 rings (SSSR count). The lowest BCUT2D eigenvalue weighted by Crippen LogP contribution is -2.08. The smallest absolute Gasteiger partial charge is 0.160 e. The van der Waals surface area contributed by atoms with Gasteiger partial charge in [-0.1, -0.05) is 6.07 Å². The van der Waals surface area contributed by atoms with Crippen LogP contribution in [0.5, 0.6) is 28.7 Å². The van der Waals surface area contributed by atoms with Gasteiger partial charge >= 0.3 is 0 Å². The monoisotopic (exact) mass is 380 g/mol. The van der Waals surface area contributed by atoms with E-state index in [0.717, 1.165) is 11.1 Å². The molecule has 5 nitrogen and oxygen atoms in total. The fraction of sp³-hybridized carbons (Fsp3) is 0.400. The van der Waals surface area contributed by atoms with Gasteiger partial charge in [0.1, 0.15) is 17.2 Å². The molecule has 0 radical (unpaired) electrons. The minimum absolute atomic E-state index is 0.0488.